The fourth-order valence-corrected chi connectivity index (χ4v) is 23.2. The summed E-state index contributed by atoms with van der Waals surface area (Å²) >= 11 is 3.70. The van der Waals surface area contributed by atoms with Crippen LogP contribution in [-0.4, -0.2) is 33.2 Å². The van der Waals surface area contributed by atoms with E-state index in [2.05, 4.69) is 537 Å². The van der Waals surface area contributed by atoms with Crippen molar-refractivity contribution in [3.63, 3.8) is 0 Å². The number of nitrogens with zero attached hydrogens (tertiary/aromatic N) is 10. The van der Waals surface area contributed by atoms with Crippen LogP contribution in [-0.2, 0) is 0 Å². The summed E-state index contributed by atoms with van der Waals surface area (Å²) in [6.07, 6.45) is 0. The molecule has 0 bridgehead atoms. The molecule has 12 heteroatoms. The van der Waals surface area contributed by atoms with E-state index in [9.17, 15) is 0 Å². The van der Waals surface area contributed by atoms with Crippen molar-refractivity contribution in [3.8, 4) is 56.9 Å². The minimum Gasteiger partial charge on any atom is -0.310 e. The number of benzene rings is 19. The molecule has 0 aliphatic carbocycles. The van der Waals surface area contributed by atoms with E-state index >= 15 is 0 Å². The summed E-state index contributed by atoms with van der Waals surface area (Å²) in [5.74, 6) is 2.69. The Hall–Kier alpha value is -18.3. The summed E-state index contributed by atoms with van der Waals surface area (Å²) in [4.78, 5) is 22.8. The normalized spacial score (nSPS) is 11.6. The maximum atomic E-state index is 5.20. The molecule has 0 unspecified atom stereocenters. The highest BCUT2D eigenvalue weighted by molar-refractivity contribution is 7.26. The molecule has 0 amide bonds. The van der Waals surface area contributed by atoms with Gasteiger partial charge < -0.3 is 19.3 Å². The molecule has 0 spiro atoms. The smallest absolute Gasteiger partial charge is 0.138 e. The fraction of sp³-hybridized carbons (Fsp3) is 0.00769. The predicted molar refractivity (Wildman–Crippen MR) is 601 cm³/mol. The molecular formula is C130H88N10S2. The van der Waals surface area contributed by atoms with Crippen LogP contribution in [0.3, 0.4) is 0 Å². The first-order valence-electron chi connectivity index (χ1n) is 48.0. The molecule has 0 saturated heterocycles. The van der Waals surface area contributed by atoms with Gasteiger partial charge in [0.05, 0.1) is 78.3 Å². The number of aromatic nitrogens is 7. The van der Waals surface area contributed by atoms with E-state index in [1.165, 1.54) is 100 Å². The molecule has 28 rings (SSSR count). The van der Waals surface area contributed by atoms with Crippen LogP contribution in [0.15, 0.2) is 516 Å². The van der Waals surface area contributed by atoms with Crippen molar-refractivity contribution in [2.45, 2.75) is 6.92 Å². The van der Waals surface area contributed by atoms with Crippen LogP contribution in [0.5, 0.6) is 0 Å². The van der Waals surface area contributed by atoms with Crippen molar-refractivity contribution in [1.82, 2.24) is 33.2 Å². The summed E-state index contributed by atoms with van der Waals surface area (Å²) in [5.41, 5.74) is 27.7. The molecule has 0 atom stereocenters. The number of anilines is 9. The van der Waals surface area contributed by atoms with Crippen LogP contribution < -0.4 is 14.7 Å². The Balaban J connectivity index is 0.000000109. The monoisotopic (exact) mass is 1850 g/mol. The van der Waals surface area contributed by atoms with Gasteiger partial charge in [0, 0.05) is 140 Å². The lowest BCUT2D eigenvalue weighted by molar-refractivity contribution is 1.08. The maximum absolute atomic E-state index is 5.20. The Kier molecular flexibility index (Phi) is 21.3. The zero-order chi connectivity index (χ0) is 94.1. The van der Waals surface area contributed by atoms with Crippen LogP contribution in [0.25, 0.3) is 184 Å². The van der Waals surface area contributed by atoms with Crippen molar-refractivity contribution in [2.75, 3.05) is 14.7 Å². The van der Waals surface area contributed by atoms with Gasteiger partial charge >= 0.3 is 0 Å². The zero-order valence-electron chi connectivity index (χ0n) is 77.4. The van der Waals surface area contributed by atoms with E-state index in [1.807, 2.05) is 40.9 Å². The van der Waals surface area contributed by atoms with Crippen molar-refractivity contribution in [2.24, 2.45) is 0 Å². The SMILES string of the molecule is Cc1ccc(N(c2ccc3sc4ccccc4c3c2)c2cccc3c2c2ccccc2n3-c2cccc(-c3ccccc3)n2)cc1.c1ccc(-c2cccc(-n3c4ccccc4c4c(N(c5ccccc5)c5ccc(-n6c7ccccc7c7ccccc76)cc5)cccc43)n2)cc1.c1ccc(-c2cccc(-n3c4ccccc4c4c(N(c5ccccc5)c5ccc6sc7ccccc7c6c5)cccc43)n2)cc1. The van der Waals surface area contributed by atoms with Gasteiger partial charge in [0.1, 0.15) is 17.5 Å². The van der Waals surface area contributed by atoms with Gasteiger partial charge in [-0.05, 0) is 219 Å². The third kappa shape index (κ3) is 14.9. The van der Waals surface area contributed by atoms with Gasteiger partial charge in [-0.1, -0.05) is 309 Å². The number of para-hydroxylation sites is 7. The quantitative estimate of drug-likeness (QED) is 0.0960. The van der Waals surface area contributed by atoms with Gasteiger partial charge in [-0.15, -0.1) is 22.7 Å². The highest BCUT2D eigenvalue weighted by Crippen LogP contribution is 2.51. The molecule has 0 radical (unpaired) electrons. The average Bonchev–Trinajstić information content (AvgIpc) is 1.58. The molecule has 142 heavy (non-hydrogen) atoms. The number of hydrogen-bond donors (Lipinski definition) is 0. The molecule has 9 heterocycles. The minimum atomic E-state index is 0.890. The number of rotatable bonds is 16. The first-order valence-corrected chi connectivity index (χ1v) is 49.7. The van der Waals surface area contributed by atoms with Crippen molar-refractivity contribution in [3.05, 3.63) is 521 Å². The largest absolute Gasteiger partial charge is 0.310 e. The molecular weight excluding hydrogens is 1770 g/mol. The first kappa shape index (κ1) is 84.2. The topological polar surface area (TPSA) is 68.1 Å². The number of aryl methyl sites for hydroxylation is 1. The van der Waals surface area contributed by atoms with Crippen LogP contribution in [0.2, 0.25) is 0 Å². The van der Waals surface area contributed by atoms with Crippen molar-refractivity contribution < 1.29 is 0 Å². The lowest BCUT2D eigenvalue weighted by atomic mass is 10.1. The second-order valence-electron chi connectivity index (χ2n) is 35.8. The highest BCUT2D eigenvalue weighted by atomic mass is 32.1. The summed E-state index contributed by atoms with van der Waals surface area (Å²) in [6.45, 7) is 2.14. The average molecular weight is 1850 g/mol. The Bertz CT molecular complexity index is 9590. The van der Waals surface area contributed by atoms with E-state index in [-0.39, 0.29) is 0 Å². The van der Waals surface area contributed by atoms with E-state index in [1.54, 1.807) is 0 Å². The van der Waals surface area contributed by atoms with Gasteiger partial charge in [0.2, 0.25) is 0 Å². The first-order chi connectivity index (χ1) is 70.4. The van der Waals surface area contributed by atoms with Gasteiger partial charge in [-0.3, -0.25) is 13.7 Å². The lowest BCUT2D eigenvalue weighted by Crippen LogP contribution is -2.10. The Labute approximate surface area is 828 Å². The second-order valence-corrected chi connectivity index (χ2v) is 37.9. The van der Waals surface area contributed by atoms with Crippen LogP contribution in [0.1, 0.15) is 5.56 Å². The second kappa shape index (κ2) is 36.0. The standard InChI is InChI=1S/C47H32N4.C42H29N3S.C41H27N3S/c1-3-15-33(16-4-1)40-22-13-28-46(48-40)51-43-25-12-9-21-39(43)47-44(26-14-27-45(47)51)49(34-17-5-2-6-18-34)35-29-31-36(32-30-35)50-41-23-10-7-19-37(41)38-20-8-11-24-42(38)50;1-28-21-23-30(24-22-28)44(31-25-26-40-34(27-31)32-13-6-8-19-39(32)46-40)37-17-10-18-38-42(37)33-14-5-7-16-36(33)45(38)41-20-9-15-35(43-41)29-11-3-2-4-12-29;1-3-13-28(14-4-1)34-19-11-24-40(42-34)44-35-20-9-7-18-32(35)41-36(21-12-22-37(41)44)43(29-15-5-2-6-16-29)30-25-26-39-33(27-30)31-17-8-10-23-38(31)45-39/h1-32H;2-27H,1H3;1-27H. The van der Waals surface area contributed by atoms with Gasteiger partial charge in [-0.2, -0.15) is 0 Å². The Morgan fingerprint density at radius 2 is 0.444 bits per heavy atom. The highest BCUT2D eigenvalue weighted by Gasteiger charge is 2.28. The molecule has 9 aromatic heterocycles. The minimum absolute atomic E-state index is 0.890. The summed E-state index contributed by atoms with van der Waals surface area (Å²) in [7, 11) is 0. The molecule has 0 aliphatic heterocycles. The number of fused-ring (bicyclic) bond motifs is 18. The fourth-order valence-electron chi connectivity index (χ4n) is 21.0. The van der Waals surface area contributed by atoms with Gasteiger partial charge in [-0.25, -0.2) is 15.0 Å². The van der Waals surface area contributed by atoms with Crippen LogP contribution >= 0.6 is 22.7 Å². The molecule has 0 saturated carbocycles. The zero-order valence-corrected chi connectivity index (χ0v) is 79.0. The number of thiophene rings is 2. The summed E-state index contributed by atoms with van der Waals surface area (Å²) < 4.78 is 14.5. The van der Waals surface area contributed by atoms with E-state index in [0.717, 1.165) is 141 Å². The predicted octanol–water partition coefficient (Wildman–Crippen LogP) is 36.1. The molecule has 0 N–H and O–H groups in total. The third-order valence-electron chi connectivity index (χ3n) is 27.4. The molecule has 28 aromatic rings. The molecule has 670 valence electrons. The molecule has 10 nitrogen and oxygen atoms in total. The Morgan fingerprint density at radius 1 is 0.183 bits per heavy atom. The Morgan fingerprint density at radius 3 is 0.803 bits per heavy atom. The summed E-state index contributed by atoms with van der Waals surface area (Å²) in [6, 6.07) is 184. The number of hydrogen-bond acceptors (Lipinski definition) is 8. The molecule has 19 aromatic carbocycles. The molecule has 0 aliphatic rings. The van der Waals surface area contributed by atoms with E-state index in [0.29, 0.717) is 0 Å². The van der Waals surface area contributed by atoms with Crippen molar-refractivity contribution in [1.29, 1.82) is 0 Å². The third-order valence-corrected chi connectivity index (χ3v) is 29.7. The maximum Gasteiger partial charge on any atom is 0.138 e. The van der Waals surface area contributed by atoms with Crippen LogP contribution in [0.4, 0.5) is 51.2 Å². The van der Waals surface area contributed by atoms with E-state index in [4.69, 9.17) is 15.0 Å². The van der Waals surface area contributed by atoms with Gasteiger partial charge in [0.15, 0.2) is 0 Å². The van der Waals surface area contributed by atoms with Gasteiger partial charge in [0.25, 0.3) is 0 Å². The van der Waals surface area contributed by atoms with Crippen molar-refractivity contribution >= 4 is 201 Å². The lowest BCUT2D eigenvalue weighted by Gasteiger charge is -2.27. The molecule has 0 fully saturated rings. The van der Waals surface area contributed by atoms with Crippen LogP contribution in [0, 0.1) is 6.92 Å². The van der Waals surface area contributed by atoms with E-state index < -0.39 is 0 Å². The summed E-state index contributed by atoms with van der Waals surface area (Å²) in [5, 5.41) is 14.8. The number of pyridine rings is 3.